The van der Waals surface area contributed by atoms with Crippen molar-refractivity contribution in [3.63, 3.8) is 0 Å². The number of phenols is 2. The SMILES string of the molecule is Nc1ccc(O)c(O)c1.[HH]. The third-order valence-electron chi connectivity index (χ3n) is 0.999. The third-order valence-corrected chi connectivity index (χ3v) is 0.999. The Morgan fingerprint density at radius 2 is 1.89 bits per heavy atom. The van der Waals surface area contributed by atoms with Crippen LogP contribution in [0.4, 0.5) is 5.69 Å². The molecule has 0 unspecified atom stereocenters. The monoisotopic (exact) mass is 127 g/mol. The van der Waals surface area contributed by atoms with Gasteiger partial charge in [-0.05, 0) is 12.1 Å². The second kappa shape index (κ2) is 1.85. The second-order valence-electron chi connectivity index (χ2n) is 1.75. The highest BCUT2D eigenvalue weighted by atomic mass is 16.3. The van der Waals surface area contributed by atoms with Gasteiger partial charge in [0.25, 0.3) is 0 Å². The first-order valence-electron chi connectivity index (χ1n) is 2.47. The molecule has 0 aromatic heterocycles. The lowest BCUT2D eigenvalue weighted by Crippen LogP contribution is -1.81. The lowest BCUT2D eigenvalue weighted by atomic mass is 10.3. The molecule has 0 saturated carbocycles. The van der Waals surface area contributed by atoms with E-state index in [2.05, 4.69) is 0 Å². The summed E-state index contributed by atoms with van der Waals surface area (Å²) in [6.07, 6.45) is 0. The molecule has 0 bridgehead atoms. The van der Waals surface area contributed by atoms with Gasteiger partial charge in [0, 0.05) is 13.2 Å². The fourth-order valence-corrected chi connectivity index (χ4v) is 0.540. The lowest BCUT2D eigenvalue weighted by Gasteiger charge is -1.95. The summed E-state index contributed by atoms with van der Waals surface area (Å²) in [4.78, 5) is 0. The van der Waals surface area contributed by atoms with E-state index in [1.54, 1.807) is 0 Å². The van der Waals surface area contributed by atoms with Crippen molar-refractivity contribution in [2.45, 2.75) is 0 Å². The van der Waals surface area contributed by atoms with Crippen molar-refractivity contribution in [1.29, 1.82) is 0 Å². The molecule has 4 N–H and O–H groups in total. The van der Waals surface area contributed by atoms with Crippen molar-refractivity contribution in [3.05, 3.63) is 18.2 Å². The van der Waals surface area contributed by atoms with Crippen LogP contribution >= 0.6 is 0 Å². The highest BCUT2D eigenvalue weighted by molar-refractivity contribution is 5.50. The maximum absolute atomic E-state index is 8.77. The number of benzene rings is 1. The topological polar surface area (TPSA) is 66.5 Å². The molecule has 0 amide bonds. The zero-order valence-electron chi connectivity index (χ0n) is 4.70. The third kappa shape index (κ3) is 1.05. The number of hydrogen-bond acceptors (Lipinski definition) is 3. The maximum Gasteiger partial charge on any atom is 0.159 e. The summed E-state index contributed by atoms with van der Waals surface area (Å²) in [6.45, 7) is 0. The first kappa shape index (κ1) is 5.75. The Morgan fingerprint density at radius 1 is 1.22 bits per heavy atom. The minimum atomic E-state index is -0.185. The fourth-order valence-electron chi connectivity index (χ4n) is 0.540. The van der Waals surface area contributed by atoms with Crippen molar-refractivity contribution in [1.82, 2.24) is 0 Å². The van der Waals surface area contributed by atoms with E-state index in [0.29, 0.717) is 5.69 Å². The average molecular weight is 127 g/mol. The molecule has 0 fully saturated rings. The number of nitrogen functional groups attached to an aromatic ring is 1. The standard InChI is InChI=1S/C6H7NO2.H2/c7-4-1-2-5(8)6(9)3-4;/h1-3,8-9H,7H2;1H. The summed E-state index contributed by atoms with van der Waals surface area (Å²) in [7, 11) is 0. The van der Waals surface area contributed by atoms with Crippen LogP contribution in [-0.2, 0) is 0 Å². The van der Waals surface area contributed by atoms with Crippen molar-refractivity contribution in [2.75, 3.05) is 5.73 Å². The number of nitrogens with two attached hydrogens (primary N) is 1. The molecule has 0 radical (unpaired) electrons. The Labute approximate surface area is 53.8 Å². The van der Waals surface area contributed by atoms with Gasteiger partial charge in [-0.3, -0.25) is 0 Å². The number of hydrogen-bond donors (Lipinski definition) is 3. The normalized spacial score (nSPS) is 9.33. The van der Waals surface area contributed by atoms with Crippen LogP contribution in [0.25, 0.3) is 0 Å². The van der Waals surface area contributed by atoms with E-state index in [9.17, 15) is 0 Å². The van der Waals surface area contributed by atoms with E-state index in [1.807, 2.05) is 0 Å². The fraction of sp³-hybridized carbons (Fsp3) is 0. The summed E-state index contributed by atoms with van der Waals surface area (Å²) in [5.41, 5.74) is 5.69. The van der Waals surface area contributed by atoms with Crippen LogP contribution in [0.5, 0.6) is 11.5 Å². The van der Waals surface area contributed by atoms with E-state index in [-0.39, 0.29) is 12.9 Å². The lowest BCUT2D eigenvalue weighted by molar-refractivity contribution is 0.404. The van der Waals surface area contributed by atoms with Crippen LogP contribution in [0, 0.1) is 0 Å². The number of rotatable bonds is 0. The summed E-state index contributed by atoms with van der Waals surface area (Å²) in [5.74, 6) is -0.334. The molecule has 0 heterocycles. The van der Waals surface area contributed by atoms with Gasteiger partial charge in [-0.1, -0.05) is 0 Å². The molecule has 3 nitrogen and oxygen atoms in total. The maximum atomic E-state index is 8.77. The van der Waals surface area contributed by atoms with Crippen molar-refractivity contribution < 1.29 is 11.6 Å². The van der Waals surface area contributed by atoms with Crippen LogP contribution in [0.3, 0.4) is 0 Å². The average Bonchev–Trinajstić information content (AvgIpc) is 1.80. The minimum absolute atomic E-state index is 0. The molecule has 0 atom stereocenters. The molecule has 0 spiro atoms. The number of anilines is 1. The van der Waals surface area contributed by atoms with E-state index >= 15 is 0 Å². The van der Waals surface area contributed by atoms with Gasteiger partial charge in [-0.15, -0.1) is 0 Å². The van der Waals surface area contributed by atoms with Gasteiger partial charge in [-0.25, -0.2) is 0 Å². The van der Waals surface area contributed by atoms with Crippen LogP contribution in [0.15, 0.2) is 18.2 Å². The highest BCUT2D eigenvalue weighted by Crippen LogP contribution is 2.25. The van der Waals surface area contributed by atoms with Crippen molar-refractivity contribution in [2.24, 2.45) is 0 Å². The molecule has 0 saturated heterocycles. The molecule has 1 aromatic rings. The first-order valence-corrected chi connectivity index (χ1v) is 2.47. The Morgan fingerprint density at radius 3 is 2.33 bits per heavy atom. The predicted molar refractivity (Wildman–Crippen MR) is 36.3 cm³/mol. The summed E-state index contributed by atoms with van der Waals surface area (Å²) < 4.78 is 0. The van der Waals surface area contributed by atoms with Crippen molar-refractivity contribution >= 4 is 5.69 Å². The smallest absolute Gasteiger partial charge is 0.159 e. The zero-order chi connectivity index (χ0) is 6.85. The predicted octanol–water partition coefficient (Wildman–Crippen LogP) is 0.926. The van der Waals surface area contributed by atoms with Gasteiger partial charge in [-0.2, -0.15) is 0 Å². The van der Waals surface area contributed by atoms with Gasteiger partial charge in [0.15, 0.2) is 11.5 Å². The zero-order valence-corrected chi connectivity index (χ0v) is 4.70. The van der Waals surface area contributed by atoms with Crippen LogP contribution in [0.1, 0.15) is 1.43 Å². The molecule has 50 valence electrons. The Kier molecular flexibility index (Phi) is 1.18. The first-order chi connectivity index (χ1) is 4.20. The molecule has 0 aliphatic carbocycles. The largest absolute Gasteiger partial charge is 0.504 e. The van der Waals surface area contributed by atoms with Gasteiger partial charge in [0.1, 0.15) is 0 Å². The van der Waals surface area contributed by atoms with Gasteiger partial charge >= 0.3 is 0 Å². The minimum Gasteiger partial charge on any atom is -0.504 e. The molecular weight excluding hydrogens is 118 g/mol. The molecule has 9 heavy (non-hydrogen) atoms. The Bertz CT molecular complexity index is 227. The van der Waals surface area contributed by atoms with Gasteiger partial charge in [0.05, 0.1) is 0 Å². The van der Waals surface area contributed by atoms with E-state index < -0.39 is 0 Å². The number of aromatic hydroxyl groups is 2. The molecule has 1 rings (SSSR count). The molecule has 0 aliphatic rings. The van der Waals surface area contributed by atoms with Gasteiger partial charge < -0.3 is 15.9 Å². The summed E-state index contributed by atoms with van der Waals surface area (Å²) in [5, 5.41) is 17.5. The van der Waals surface area contributed by atoms with Gasteiger partial charge in [0.2, 0.25) is 0 Å². The number of phenolic OH excluding ortho intramolecular Hbond substituents is 2. The highest BCUT2D eigenvalue weighted by Gasteiger charge is 1.95. The summed E-state index contributed by atoms with van der Waals surface area (Å²) in [6, 6.07) is 4.13. The van der Waals surface area contributed by atoms with Crippen molar-refractivity contribution in [3.8, 4) is 11.5 Å². The van der Waals surface area contributed by atoms with E-state index in [4.69, 9.17) is 15.9 Å². The molecular formula is C6H9NO2. The molecule has 1 aromatic carbocycles. The van der Waals surface area contributed by atoms with E-state index in [1.165, 1.54) is 18.2 Å². The molecule has 0 aliphatic heterocycles. The molecule has 3 heteroatoms. The Balaban J connectivity index is 0.000000810. The Hall–Kier alpha value is -1.38. The van der Waals surface area contributed by atoms with Crippen LogP contribution < -0.4 is 5.73 Å². The second-order valence-corrected chi connectivity index (χ2v) is 1.75. The van der Waals surface area contributed by atoms with Crippen LogP contribution in [-0.4, -0.2) is 10.2 Å². The van der Waals surface area contributed by atoms with E-state index in [0.717, 1.165) is 0 Å². The summed E-state index contributed by atoms with van der Waals surface area (Å²) >= 11 is 0. The van der Waals surface area contributed by atoms with Crippen LogP contribution in [0.2, 0.25) is 0 Å². The quantitative estimate of drug-likeness (QED) is 0.276.